The zero-order chi connectivity index (χ0) is 18.7. The van der Waals surface area contributed by atoms with Gasteiger partial charge in [0, 0.05) is 13.1 Å². The number of pyridine rings is 1. The van der Waals surface area contributed by atoms with E-state index in [2.05, 4.69) is 14.6 Å². The number of hydrogen-bond donors (Lipinski definition) is 1. The zero-order valence-corrected chi connectivity index (χ0v) is 16.1. The highest BCUT2D eigenvalue weighted by Crippen LogP contribution is 2.26. The summed E-state index contributed by atoms with van der Waals surface area (Å²) in [5, 5.41) is 0. The molecule has 1 saturated heterocycles. The average Bonchev–Trinajstić information content (AvgIpc) is 3.36. The van der Waals surface area contributed by atoms with Crippen LogP contribution in [0.15, 0.2) is 47.5 Å². The Bertz CT molecular complexity index is 854. The first-order valence-corrected chi connectivity index (χ1v) is 11.1. The molecule has 0 unspecified atom stereocenters. The predicted octanol–water partition coefficient (Wildman–Crippen LogP) is 3.80. The van der Waals surface area contributed by atoms with Gasteiger partial charge in [-0.3, -0.25) is 4.72 Å². The molecule has 4 rings (SSSR count). The number of sulfonamides is 1. The van der Waals surface area contributed by atoms with Gasteiger partial charge in [0.05, 0.1) is 22.9 Å². The van der Waals surface area contributed by atoms with Crippen molar-refractivity contribution in [2.24, 2.45) is 0 Å². The molecule has 7 heteroatoms. The van der Waals surface area contributed by atoms with Crippen LogP contribution in [0.25, 0.3) is 0 Å². The van der Waals surface area contributed by atoms with Crippen molar-refractivity contribution in [3.63, 3.8) is 0 Å². The summed E-state index contributed by atoms with van der Waals surface area (Å²) >= 11 is 0. The molecule has 2 fully saturated rings. The summed E-state index contributed by atoms with van der Waals surface area (Å²) in [6.45, 7) is 2.06. The van der Waals surface area contributed by atoms with Crippen LogP contribution in [-0.4, -0.2) is 32.6 Å². The van der Waals surface area contributed by atoms with Crippen molar-refractivity contribution in [2.45, 2.75) is 49.5 Å². The maximum Gasteiger partial charge on any atom is 0.263 e. The molecule has 0 atom stereocenters. The molecular weight excluding hydrogens is 362 g/mol. The number of aromatic nitrogens is 1. The fourth-order valence-corrected chi connectivity index (χ4v) is 4.71. The van der Waals surface area contributed by atoms with Crippen LogP contribution in [-0.2, 0) is 10.0 Å². The van der Waals surface area contributed by atoms with E-state index in [9.17, 15) is 8.42 Å². The van der Waals surface area contributed by atoms with Crippen LogP contribution >= 0.6 is 0 Å². The van der Waals surface area contributed by atoms with Gasteiger partial charge < -0.3 is 9.64 Å². The Kier molecular flexibility index (Phi) is 5.20. The maximum atomic E-state index is 12.6. The van der Waals surface area contributed by atoms with Crippen LogP contribution in [0.1, 0.15) is 38.5 Å². The Morgan fingerprint density at radius 3 is 2.30 bits per heavy atom. The molecule has 0 amide bonds. The molecule has 1 aromatic carbocycles. The molecule has 1 saturated carbocycles. The van der Waals surface area contributed by atoms with Gasteiger partial charge in [-0.25, -0.2) is 13.4 Å². The summed E-state index contributed by atoms with van der Waals surface area (Å²) in [7, 11) is -3.67. The Balaban J connectivity index is 1.41. The van der Waals surface area contributed by atoms with Crippen molar-refractivity contribution in [3.05, 3.63) is 42.6 Å². The molecule has 0 bridgehead atoms. The van der Waals surface area contributed by atoms with Gasteiger partial charge in [0.15, 0.2) is 0 Å². The zero-order valence-electron chi connectivity index (χ0n) is 15.3. The lowest BCUT2D eigenvalue weighted by molar-refractivity contribution is 0.210. The molecule has 27 heavy (non-hydrogen) atoms. The van der Waals surface area contributed by atoms with E-state index in [1.165, 1.54) is 25.7 Å². The predicted molar refractivity (Wildman–Crippen MR) is 106 cm³/mol. The van der Waals surface area contributed by atoms with E-state index >= 15 is 0 Å². The van der Waals surface area contributed by atoms with Crippen LogP contribution < -0.4 is 14.4 Å². The van der Waals surface area contributed by atoms with Gasteiger partial charge >= 0.3 is 0 Å². The number of benzene rings is 1. The molecule has 2 heterocycles. The molecule has 1 aliphatic carbocycles. The van der Waals surface area contributed by atoms with Gasteiger partial charge in [-0.1, -0.05) is 0 Å². The van der Waals surface area contributed by atoms with Gasteiger partial charge in [0.2, 0.25) is 0 Å². The number of anilines is 2. The molecule has 0 radical (unpaired) electrons. The van der Waals surface area contributed by atoms with Gasteiger partial charge in [0.1, 0.15) is 11.6 Å². The second-order valence-electron chi connectivity index (χ2n) is 7.20. The Morgan fingerprint density at radius 2 is 1.67 bits per heavy atom. The first-order valence-electron chi connectivity index (χ1n) is 9.61. The second-order valence-corrected chi connectivity index (χ2v) is 8.88. The molecule has 2 aliphatic rings. The van der Waals surface area contributed by atoms with E-state index in [0.29, 0.717) is 11.6 Å². The summed E-state index contributed by atoms with van der Waals surface area (Å²) in [6.07, 6.45) is 8.89. The van der Waals surface area contributed by atoms with E-state index < -0.39 is 10.0 Å². The third-order valence-corrected chi connectivity index (χ3v) is 6.57. The maximum absolute atomic E-state index is 12.6. The molecule has 0 spiro atoms. The monoisotopic (exact) mass is 387 g/mol. The van der Waals surface area contributed by atoms with E-state index in [4.69, 9.17) is 4.74 Å². The number of nitrogens with zero attached hydrogens (tertiary/aromatic N) is 2. The van der Waals surface area contributed by atoms with Crippen molar-refractivity contribution in [3.8, 4) is 5.75 Å². The average molecular weight is 388 g/mol. The SMILES string of the molecule is O=S(=O)(Nc1ccc(N2CCCC2)cn1)c1ccc(OC2CCCC2)cc1. The van der Waals surface area contributed by atoms with Gasteiger partial charge in [0.25, 0.3) is 10.0 Å². The highest BCUT2D eigenvalue weighted by molar-refractivity contribution is 7.92. The van der Waals surface area contributed by atoms with Crippen molar-refractivity contribution in [1.82, 2.24) is 4.98 Å². The minimum atomic E-state index is -3.67. The normalized spacial score (nSPS) is 18.0. The van der Waals surface area contributed by atoms with E-state index in [1.54, 1.807) is 36.5 Å². The Hall–Kier alpha value is -2.28. The lowest BCUT2D eigenvalue weighted by Crippen LogP contribution is -2.18. The Morgan fingerprint density at radius 1 is 0.963 bits per heavy atom. The van der Waals surface area contributed by atoms with Gasteiger partial charge in [-0.15, -0.1) is 0 Å². The van der Waals surface area contributed by atoms with Gasteiger partial charge in [-0.2, -0.15) is 0 Å². The minimum Gasteiger partial charge on any atom is -0.490 e. The van der Waals surface area contributed by atoms with Crippen LogP contribution in [0, 0.1) is 0 Å². The van der Waals surface area contributed by atoms with Crippen molar-refractivity contribution in [1.29, 1.82) is 0 Å². The summed E-state index contributed by atoms with van der Waals surface area (Å²) in [4.78, 5) is 6.72. The highest BCUT2D eigenvalue weighted by atomic mass is 32.2. The van der Waals surface area contributed by atoms with E-state index in [0.717, 1.165) is 31.6 Å². The number of ether oxygens (including phenoxy) is 1. The highest BCUT2D eigenvalue weighted by Gasteiger charge is 2.19. The number of hydrogen-bond acceptors (Lipinski definition) is 5. The molecule has 1 N–H and O–H groups in total. The first kappa shape index (κ1) is 18.1. The molecule has 1 aliphatic heterocycles. The third-order valence-electron chi connectivity index (χ3n) is 5.20. The number of rotatable bonds is 6. The molecule has 144 valence electrons. The molecular formula is C20H25N3O3S. The summed E-state index contributed by atoms with van der Waals surface area (Å²) in [5.74, 6) is 1.04. The summed E-state index contributed by atoms with van der Waals surface area (Å²) in [5.41, 5.74) is 1.03. The second kappa shape index (κ2) is 7.76. The minimum absolute atomic E-state index is 0.201. The quantitative estimate of drug-likeness (QED) is 0.816. The summed E-state index contributed by atoms with van der Waals surface area (Å²) < 4.78 is 33.6. The lowest BCUT2D eigenvalue weighted by atomic mass is 10.3. The van der Waals surface area contributed by atoms with Crippen LogP contribution in [0.5, 0.6) is 5.75 Å². The van der Waals surface area contributed by atoms with Crippen LogP contribution in [0.4, 0.5) is 11.5 Å². The van der Waals surface area contributed by atoms with E-state index in [-0.39, 0.29) is 11.0 Å². The van der Waals surface area contributed by atoms with Crippen molar-refractivity contribution in [2.75, 3.05) is 22.7 Å². The standard InChI is InChI=1S/C20H25N3O3S/c24-27(25,19-10-8-18(9-11-19)26-17-5-1-2-6-17)22-20-12-7-16(15-21-20)23-13-3-4-14-23/h7-12,15,17H,1-6,13-14H2,(H,21,22). The topological polar surface area (TPSA) is 71.5 Å². The Labute approximate surface area is 160 Å². The largest absolute Gasteiger partial charge is 0.490 e. The third kappa shape index (κ3) is 4.35. The first-order chi connectivity index (χ1) is 13.1. The summed E-state index contributed by atoms with van der Waals surface area (Å²) in [6, 6.07) is 10.2. The smallest absolute Gasteiger partial charge is 0.263 e. The molecule has 6 nitrogen and oxygen atoms in total. The van der Waals surface area contributed by atoms with E-state index in [1.807, 2.05) is 6.07 Å². The fraction of sp³-hybridized carbons (Fsp3) is 0.450. The number of nitrogens with one attached hydrogen (secondary N) is 1. The van der Waals surface area contributed by atoms with Crippen LogP contribution in [0.2, 0.25) is 0 Å². The van der Waals surface area contributed by atoms with Crippen LogP contribution in [0.3, 0.4) is 0 Å². The lowest BCUT2D eigenvalue weighted by Gasteiger charge is -2.17. The van der Waals surface area contributed by atoms with Gasteiger partial charge in [-0.05, 0) is 74.9 Å². The molecule has 1 aromatic heterocycles. The van der Waals surface area contributed by atoms with Crippen molar-refractivity contribution < 1.29 is 13.2 Å². The molecule has 2 aromatic rings. The van der Waals surface area contributed by atoms with Crippen molar-refractivity contribution >= 4 is 21.5 Å². The fourth-order valence-electron chi connectivity index (χ4n) is 3.70.